The van der Waals surface area contributed by atoms with Crippen molar-refractivity contribution < 1.29 is 14.4 Å². The van der Waals surface area contributed by atoms with Crippen molar-refractivity contribution in [1.29, 1.82) is 0 Å². The van der Waals surface area contributed by atoms with Crippen LogP contribution in [-0.2, 0) is 9.26 Å². The molecule has 0 fully saturated rings. The molecule has 0 amide bonds. The lowest BCUT2D eigenvalue weighted by molar-refractivity contribution is -0.0376. The Kier molecular flexibility index (Phi) is 6.04. The summed E-state index contributed by atoms with van der Waals surface area (Å²) in [5.74, 6) is 2.48. The van der Waals surface area contributed by atoms with E-state index in [1.54, 1.807) is 0 Å². The average molecular weight is 394 g/mol. The van der Waals surface area contributed by atoms with Gasteiger partial charge >= 0.3 is 0 Å². The van der Waals surface area contributed by atoms with E-state index in [1.165, 1.54) is 10.4 Å². The molecule has 5 heteroatoms. The first-order valence-corrected chi connectivity index (χ1v) is 11.4. The summed E-state index contributed by atoms with van der Waals surface area (Å²) in [6.45, 7) is 6.77. The fourth-order valence-corrected chi connectivity index (χ4v) is 8.34. The molecular formula is C23H27NO3Si. The molecule has 0 spiro atoms. The maximum atomic E-state index is 10.7. The Morgan fingerprint density at radius 2 is 1.68 bits per heavy atom. The third-order valence-electron chi connectivity index (χ3n) is 5.18. The van der Waals surface area contributed by atoms with Gasteiger partial charge < -0.3 is 14.4 Å². The summed E-state index contributed by atoms with van der Waals surface area (Å²) in [5.41, 5.74) is 0.523. The molecule has 1 unspecified atom stereocenters. The Bertz CT molecular complexity index is 813. The van der Waals surface area contributed by atoms with Gasteiger partial charge in [-0.15, -0.1) is 6.42 Å². The molecular weight excluding hydrogens is 366 g/mol. The fourth-order valence-electron chi connectivity index (χ4n) is 3.77. The van der Waals surface area contributed by atoms with Gasteiger partial charge in [0.1, 0.15) is 11.8 Å². The molecule has 28 heavy (non-hydrogen) atoms. The molecule has 0 bridgehead atoms. The smallest absolute Gasteiger partial charge is 0.261 e. The Balaban J connectivity index is 1.94. The van der Waals surface area contributed by atoms with Gasteiger partial charge in [0.05, 0.1) is 6.61 Å². The summed E-state index contributed by atoms with van der Waals surface area (Å²) in [6, 6.07) is 20.7. The summed E-state index contributed by atoms with van der Waals surface area (Å²) >= 11 is 0. The van der Waals surface area contributed by atoms with E-state index in [2.05, 4.69) is 56.1 Å². The van der Waals surface area contributed by atoms with Crippen LogP contribution in [0, 0.1) is 12.3 Å². The van der Waals surface area contributed by atoms with Gasteiger partial charge in [-0.2, -0.15) is 0 Å². The van der Waals surface area contributed by atoms with Gasteiger partial charge in [-0.3, -0.25) is 0 Å². The summed E-state index contributed by atoms with van der Waals surface area (Å²) in [5, 5.41) is 16.8. The van der Waals surface area contributed by atoms with E-state index >= 15 is 0 Å². The van der Waals surface area contributed by atoms with Crippen molar-refractivity contribution in [2.75, 3.05) is 6.61 Å². The van der Waals surface area contributed by atoms with E-state index in [9.17, 15) is 5.11 Å². The molecule has 4 nitrogen and oxygen atoms in total. The average Bonchev–Trinajstić information content (AvgIpc) is 3.18. The van der Waals surface area contributed by atoms with Crippen molar-refractivity contribution in [3.8, 4) is 12.3 Å². The van der Waals surface area contributed by atoms with Crippen LogP contribution in [0.2, 0.25) is 5.04 Å². The quantitative estimate of drug-likeness (QED) is 0.606. The minimum Gasteiger partial charge on any atom is -0.405 e. The highest BCUT2D eigenvalue weighted by Crippen LogP contribution is 2.37. The molecule has 0 aliphatic carbocycles. The zero-order valence-electron chi connectivity index (χ0n) is 16.6. The highest BCUT2D eigenvalue weighted by molar-refractivity contribution is 6.99. The summed E-state index contributed by atoms with van der Waals surface area (Å²) < 4.78 is 6.72. The minimum atomic E-state index is -2.68. The van der Waals surface area contributed by atoms with Crippen LogP contribution in [0.25, 0.3) is 0 Å². The first-order chi connectivity index (χ1) is 13.4. The monoisotopic (exact) mass is 393 g/mol. The van der Waals surface area contributed by atoms with Gasteiger partial charge in [-0.05, 0) is 15.4 Å². The Hall–Kier alpha value is -2.39. The Morgan fingerprint density at radius 1 is 1.14 bits per heavy atom. The van der Waals surface area contributed by atoms with Crippen LogP contribution < -0.4 is 10.4 Å². The predicted molar refractivity (Wildman–Crippen MR) is 115 cm³/mol. The molecule has 0 aromatic heterocycles. The van der Waals surface area contributed by atoms with Crippen LogP contribution >= 0.6 is 0 Å². The standard InChI is InChI=1S/C23H27NO3Si/c1-5-18-16-22(27-24-18)21(25)17-26-28(23(2,3)4,19-12-8-6-9-13-19)20-14-10-7-11-15-20/h1,6-15,21-22,25H,16-17H2,2-4H3/t21?,22-/m0/s1. The van der Waals surface area contributed by atoms with E-state index in [0.717, 1.165) is 0 Å². The van der Waals surface area contributed by atoms with Crippen molar-refractivity contribution in [1.82, 2.24) is 0 Å². The second kappa shape index (κ2) is 8.32. The zero-order chi connectivity index (χ0) is 20.2. The van der Waals surface area contributed by atoms with Crippen LogP contribution in [-0.4, -0.2) is 38.0 Å². The molecule has 1 aliphatic heterocycles. The summed E-state index contributed by atoms with van der Waals surface area (Å²) in [4.78, 5) is 5.31. The number of hydrogen-bond donors (Lipinski definition) is 1. The Morgan fingerprint density at radius 3 is 2.11 bits per heavy atom. The van der Waals surface area contributed by atoms with Crippen molar-refractivity contribution in [2.45, 2.75) is 44.4 Å². The predicted octanol–water partition coefficient (Wildman–Crippen LogP) is 2.70. The molecule has 3 rings (SSSR count). The van der Waals surface area contributed by atoms with Crippen LogP contribution in [0.15, 0.2) is 65.8 Å². The first kappa shape index (κ1) is 20.3. The normalized spacial score (nSPS) is 18.1. The number of rotatable bonds is 6. The van der Waals surface area contributed by atoms with E-state index < -0.39 is 20.5 Å². The highest BCUT2D eigenvalue weighted by atomic mass is 28.4. The van der Waals surface area contributed by atoms with Crippen LogP contribution in [0.1, 0.15) is 27.2 Å². The van der Waals surface area contributed by atoms with Gasteiger partial charge in [0.25, 0.3) is 8.32 Å². The topological polar surface area (TPSA) is 51.0 Å². The third kappa shape index (κ3) is 3.90. The van der Waals surface area contributed by atoms with E-state index in [1.807, 2.05) is 36.4 Å². The molecule has 2 atom stereocenters. The highest BCUT2D eigenvalue weighted by Gasteiger charge is 2.50. The Labute approximate surface area is 168 Å². The molecule has 146 valence electrons. The lowest BCUT2D eigenvalue weighted by Crippen LogP contribution is -2.67. The molecule has 1 heterocycles. The number of oxime groups is 1. The molecule has 0 saturated carbocycles. The van der Waals surface area contributed by atoms with E-state index in [0.29, 0.717) is 12.1 Å². The second-order valence-electron chi connectivity index (χ2n) is 8.07. The van der Waals surface area contributed by atoms with Gasteiger partial charge in [0.2, 0.25) is 0 Å². The number of nitrogens with zero attached hydrogens (tertiary/aromatic N) is 1. The van der Waals surface area contributed by atoms with Crippen LogP contribution in [0.3, 0.4) is 0 Å². The van der Waals surface area contributed by atoms with Crippen molar-refractivity contribution >= 4 is 24.4 Å². The van der Waals surface area contributed by atoms with Crippen LogP contribution in [0.5, 0.6) is 0 Å². The zero-order valence-corrected chi connectivity index (χ0v) is 17.6. The van der Waals surface area contributed by atoms with Crippen molar-refractivity contribution in [3.63, 3.8) is 0 Å². The van der Waals surface area contributed by atoms with E-state index in [-0.39, 0.29) is 11.6 Å². The largest absolute Gasteiger partial charge is 0.405 e. The maximum Gasteiger partial charge on any atom is 0.261 e. The third-order valence-corrected chi connectivity index (χ3v) is 10.2. The molecule has 0 radical (unpaired) electrons. The lowest BCUT2D eigenvalue weighted by atomic mass is 10.1. The molecule has 0 saturated heterocycles. The van der Waals surface area contributed by atoms with Gasteiger partial charge in [-0.1, -0.05) is 92.5 Å². The molecule has 1 N–H and O–H groups in total. The lowest BCUT2D eigenvalue weighted by Gasteiger charge is -2.43. The van der Waals surface area contributed by atoms with Gasteiger partial charge in [-0.25, -0.2) is 0 Å². The minimum absolute atomic E-state index is 0.146. The first-order valence-electron chi connectivity index (χ1n) is 9.51. The molecule has 1 aliphatic rings. The van der Waals surface area contributed by atoms with Crippen molar-refractivity contribution in [3.05, 3.63) is 60.7 Å². The van der Waals surface area contributed by atoms with Crippen LogP contribution in [0.4, 0.5) is 0 Å². The SMILES string of the molecule is C#CC1=NO[C@H](C(O)CO[Si](c2ccccc2)(c2ccccc2)C(C)(C)C)C1. The number of aliphatic hydroxyl groups is 1. The number of terminal acetylenes is 1. The van der Waals surface area contributed by atoms with Gasteiger partial charge in [0.15, 0.2) is 6.10 Å². The number of benzene rings is 2. The summed E-state index contributed by atoms with van der Waals surface area (Å²) in [6.07, 6.45) is 4.54. The van der Waals surface area contributed by atoms with Gasteiger partial charge in [0, 0.05) is 6.42 Å². The number of aliphatic hydroxyl groups excluding tert-OH is 1. The second-order valence-corrected chi connectivity index (χ2v) is 12.4. The molecule has 2 aromatic rings. The number of hydrogen-bond acceptors (Lipinski definition) is 4. The summed E-state index contributed by atoms with van der Waals surface area (Å²) in [7, 11) is -2.68. The maximum absolute atomic E-state index is 10.7. The molecule has 2 aromatic carbocycles. The van der Waals surface area contributed by atoms with E-state index in [4.69, 9.17) is 15.7 Å². The van der Waals surface area contributed by atoms with Crippen molar-refractivity contribution in [2.24, 2.45) is 5.16 Å². The fraction of sp³-hybridized carbons (Fsp3) is 0.348.